The second-order valence-corrected chi connectivity index (χ2v) is 3.70. The Hall–Kier alpha value is -2.27. The fourth-order valence-electron chi connectivity index (χ4n) is 1.68. The molecule has 5 nitrogen and oxygen atoms in total. The minimum Gasteiger partial charge on any atom is -0.381 e. The van der Waals surface area contributed by atoms with Crippen molar-refractivity contribution in [2.45, 2.75) is 0 Å². The lowest BCUT2D eigenvalue weighted by molar-refractivity contribution is -0.383. The smallest absolute Gasteiger partial charge is 0.280 e. The monoisotopic (exact) mass is 244 g/mol. The molecule has 1 heterocycles. The number of fused-ring (bicyclic) bond motifs is 1. The summed E-state index contributed by atoms with van der Waals surface area (Å²) in [6, 6.07) is 8.49. The summed E-state index contributed by atoms with van der Waals surface area (Å²) >= 11 is 0. The van der Waals surface area contributed by atoms with Crippen LogP contribution in [0.5, 0.6) is 0 Å². The quantitative estimate of drug-likeness (QED) is 0.612. The molecule has 1 aromatic heterocycles. The highest BCUT2D eigenvalue weighted by molar-refractivity contribution is 5.88. The Kier molecular flexibility index (Phi) is 3.64. The summed E-state index contributed by atoms with van der Waals surface area (Å²) in [7, 11) is 1.58. The Balaban J connectivity index is 2.54. The number of para-hydroxylation sites is 1. The molecule has 0 unspecified atom stereocenters. The molecule has 2 rings (SSSR count). The molecule has 1 aromatic carbocycles. The fraction of sp³-hybridized carbons (Fsp3) is 0.154. The van der Waals surface area contributed by atoms with E-state index in [1.807, 2.05) is 6.07 Å². The van der Waals surface area contributed by atoms with Crippen LogP contribution in [0.1, 0.15) is 5.69 Å². The van der Waals surface area contributed by atoms with Crippen LogP contribution in [0.25, 0.3) is 17.0 Å². The van der Waals surface area contributed by atoms with E-state index in [-0.39, 0.29) is 5.69 Å². The lowest BCUT2D eigenvalue weighted by atomic mass is 10.1. The van der Waals surface area contributed by atoms with Crippen LogP contribution in [-0.4, -0.2) is 23.6 Å². The minimum atomic E-state index is -0.391. The number of benzene rings is 1. The van der Waals surface area contributed by atoms with E-state index in [2.05, 4.69) is 4.98 Å². The second kappa shape index (κ2) is 5.37. The summed E-state index contributed by atoms with van der Waals surface area (Å²) in [6.07, 6.45) is 3.48. The van der Waals surface area contributed by atoms with Crippen molar-refractivity contribution in [3.63, 3.8) is 0 Å². The van der Waals surface area contributed by atoms with Crippen LogP contribution < -0.4 is 0 Å². The van der Waals surface area contributed by atoms with Crippen molar-refractivity contribution >= 4 is 22.7 Å². The summed E-state index contributed by atoms with van der Waals surface area (Å²) in [6.45, 7) is 0.447. The molecule has 0 radical (unpaired) electrons. The maximum absolute atomic E-state index is 11.0. The van der Waals surface area contributed by atoms with Gasteiger partial charge in [0.25, 0.3) is 5.69 Å². The van der Waals surface area contributed by atoms with E-state index in [9.17, 15) is 10.1 Å². The first-order valence-electron chi connectivity index (χ1n) is 5.42. The number of methoxy groups -OCH3 is 1. The van der Waals surface area contributed by atoms with Crippen molar-refractivity contribution in [3.8, 4) is 0 Å². The third kappa shape index (κ3) is 2.52. The standard InChI is InChI=1S/C13H12N2O3/c1-18-8-4-5-10-9-13(15(16)17)11-6-2-3-7-12(11)14-10/h2-7,9H,8H2,1H3/b5-4+. The highest BCUT2D eigenvalue weighted by atomic mass is 16.6. The molecule has 0 aliphatic carbocycles. The van der Waals surface area contributed by atoms with E-state index >= 15 is 0 Å². The first kappa shape index (κ1) is 12.2. The molecule has 0 saturated heterocycles. The van der Waals surface area contributed by atoms with Gasteiger partial charge in [-0.15, -0.1) is 0 Å². The molecule has 0 N–H and O–H groups in total. The molecule has 0 bridgehead atoms. The van der Waals surface area contributed by atoms with Gasteiger partial charge in [-0.05, 0) is 18.2 Å². The predicted molar refractivity (Wildman–Crippen MR) is 69.3 cm³/mol. The van der Waals surface area contributed by atoms with E-state index in [0.717, 1.165) is 0 Å². The van der Waals surface area contributed by atoms with Gasteiger partial charge in [-0.3, -0.25) is 10.1 Å². The molecule has 0 saturated carbocycles. The van der Waals surface area contributed by atoms with Crippen molar-refractivity contribution in [2.24, 2.45) is 0 Å². The van der Waals surface area contributed by atoms with Gasteiger partial charge in [-0.25, -0.2) is 4.98 Å². The highest BCUT2D eigenvalue weighted by Gasteiger charge is 2.13. The van der Waals surface area contributed by atoms with Gasteiger partial charge in [0.05, 0.1) is 28.1 Å². The number of hydrogen-bond donors (Lipinski definition) is 0. The Bertz CT molecular complexity index is 608. The molecule has 0 amide bonds. The lowest BCUT2D eigenvalue weighted by Gasteiger charge is -2.01. The molecule has 0 spiro atoms. The maximum Gasteiger partial charge on any atom is 0.280 e. The minimum absolute atomic E-state index is 0.0673. The number of rotatable bonds is 4. The highest BCUT2D eigenvalue weighted by Crippen LogP contribution is 2.25. The SMILES string of the molecule is COC/C=C/c1cc([N+](=O)[O-])c2ccccc2n1. The Morgan fingerprint density at radius 3 is 2.94 bits per heavy atom. The summed E-state index contributed by atoms with van der Waals surface area (Å²) in [5.74, 6) is 0. The molecule has 2 aromatic rings. The molecule has 0 aliphatic heterocycles. The van der Waals surface area contributed by atoms with Crippen molar-refractivity contribution in [3.05, 3.63) is 52.2 Å². The maximum atomic E-state index is 11.0. The predicted octanol–water partition coefficient (Wildman–Crippen LogP) is 2.80. The third-order valence-corrected chi connectivity index (χ3v) is 2.46. The van der Waals surface area contributed by atoms with Gasteiger partial charge in [0.1, 0.15) is 0 Å². The van der Waals surface area contributed by atoms with Gasteiger partial charge < -0.3 is 4.74 Å². The van der Waals surface area contributed by atoms with Crippen LogP contribution in [0.3, 0.4) is 0 Å². The molecule has 0 atom stereocenters. The second-order valence-electron chi connectivity index (χ2n) is 3.70. The van der Waals surface area contributed by atoms with E-state index in [1.54, 1.807) is 37.5 Å². The van der Waals surface area contributed by atoms with E-state index in [1.165, 1.54) is 6.07 Å². The van der Waals surface area contributed by atoms with Crippen molar-refractivity contribution in [2.75, 3.05) is 13.7 Å². The first-order valence-corrected chi connectivity index (χ1v) is 5.42. The molecular weight excluding hydrogens is 232 g/mol. The van der Waals surface area contributed by atoms with Gasteiger partial charge in [0.15, 0.2) is 0 Å². The van der Waals surface area contributed by atoms with Gasteiger partial charge in [0, 0.05) is 13.2 Å². The fourth-order valence-corrected chi connectivity index (χ4v) is 1.68. The zero-order valence-corrected chi connectivity index (χ0v) is 9.87. The van der Waals surface area contributed by atoms with Gasteiger partial charge >= 0.3 is 0 Å². The van der Waals surface area contributed by atoms with Gasteiger partial charge in [-0.2, -0.15) is 0 Å². The van der Waals surface area contributed by atoms with Gasteiger partial charge in [0.2, 0.25) is 0 Å². The third-order valence-electron chi connectivity index (χ3n) is 2.46. The molecule has 18 heavy (non-hydrogen) atoms. The van der Waals surface area contributed by atoms with Crippen LogP contribution in [0, 0.1) is 10.1 Å². The Labute approximate surface area is 104 Å². The number of nitrogens with zero attached hydrogens (tertiary/aromatic N) is 2. The normalized spacial score (nSPS) is 11.2. The first-order chi connectivity index (χ1) is 8.72. The summed E-state index contributed by atoms with van der Waals surface area (Å²) in [5, 5.41) is 11.6. The van der Waals surface area contributed by atoms with Crippen molar-refractivity contribution < 1.29 is 9.66 Å². The van der Waals surface area contributed by atoms with Crippen LogP contribution in [-0.2, 0) is 4.74 Å². The van der Waals surface area contributed by atoms with Gasteiger partial charge in [-0.1, -0.05) is 18.2 Å². The van der Waals surface area contributed by atoms with Crippen molar-refractivity contribution in [1.29, 1.82) is 0 Å². The van der Waals surface area contributed by atoms with Crippen LogP contribution in [0.2, 0.25) is 0 Å². The number of ether oxygens (including phenoxy) is 1. The summed E-state index contributed by atoms with van der Waals surface area (Å²) < 4.78 is 4.88. The number of pyridine rings is 1. The van der Waals surface area contributed by atoms with E-state index in [0.29, 0.717) is 23.2 Å². The largest absolute Gasteiger partial charge is 0.381 e. The molecule has 5 heteroatoms. The zero-order valence-electron chi connectivity index (χ0n) is 9.87. The molecule has 92 valence electrons. The van der Waals surface area contributed by atoms with Crippen LogP contribution in [0.15, 0.2) is 36.4 Å². The van der Waals surface area contributed by atoms with Crippen LogP contribution in [0.4, 0.5) is 5.69 Å². The topological polar surface area (TPSA) is 65.3 Å². The number of hydrogen-bond acceptors (Lipinski definition) is 4. The molecular formula is C13H12N2O3. The number of nitro groups is 1. The lowest BCUT2D eigenvalue weighted by Crippen LogP contribution is -1.93. The van der Waals surface area contributed by atoms with E-state index < -0.39 is 4.92 Å². The van der Waals surface area contributed by atoms with Crippen molar-refractivity contribution in [1.82, 2.24) is 4.98 Å². The molecule has 0 aliphatic rings. The molecule has 0 fully saturated rings. The summed E-state index contributed by atoms with van der Waals surface area (Å²) in [5.41, 5.74) is 1.24. The zero-order chi connectivity index (χ0) is 13.0. The average Bonchev–Trinajstić information content (AvgIpc) is 2.38. The summed E-state index contributed by atoms with van der Waals surface area (Å²) in [4.78, 5) is 15.0. The number of aromatic nitrogens is 1. The average molecular weight is 244 g/mol. The Morgan fingerprint density at radius 1 is 1.44 bits per heavy atom. The van der Waals surface area contributed by atoms with E-state index in [4.69, 9.17) is 4.74 Å². The van der Waals surface area contributed by atoms with Crippen LogP contribution >= 0.6 is 0 Å². The Morgan fingerprint density at radius 2 is 2.22 bits per heavy atom.